The van der Waals surface area contributed by atoms with Crippen LogP contribution in [0, 0.1) is 0 Å². The third-order valence-electron chi connectivity index (χ3n) is 2.59. The molecule has 5 nitrogen and oxygen atoms in total. The molecule has 2 aromatic rings. The van der Waals surface area contributed by atoms with Crippen molar-refractivity contribution in [2.24, 2.45) is 0 Å². The first-order chi connectivity index (χ1) is 8.90. The van der Waals surface area contributed by atoms with Crippen molar-refractivity contribution in [3.8, 4) is 11.5 Å². The van der Waals surface area contributed by atoms with Crippen molar-refractivity contribution in [2.45, 2.75) is 32.2 Å². The molecule has 0 aliphatic rings. The van der Waals surface area contributed by atoms with Gasteiger partial charge in [0.25, 0.3) is 0 Å². The Morgan fingerprint density at radius 1 is 1.11 bits per heavy atom. The van der Waals surface area contributed by atoms with E-state index in [0.717, 1.165) is 24.0 Å². The number of alkyl halides is 1. The van der Waals surface area contributed by atoms with Crippen LogP contribution in [-0.2, 0) is 6.54 Å². The second-order valence-electron chi connectivity index (χ2n) is 4.03. The van der Waals surface area contributed by atoms with Gasteiger partial charge in [-0.2, -0.15) is 4.80 Å². The third kappa shape index (κ3) is 3.87. The Labute approximate surface area is 115 Å². The average molecular weight is 310 g/mol. The van der Waals surface area contributed by atoms with E-state index in [1.165, 1.54) is 19.3 Å². The molecule has 0 spiro atoms. The highest BCUT2D eigenvalue weighted by molar-refractivity contribution is 9.09. The summed E-state index contributed by atoms with van der Waals surface area (Å²) in [7, 11) is 0. The van der Waals surface area contributed by atoms with Gasteiger partial charge in [-0.25, -0.2) is 0 Å². The summed E-state index contributed by atoms with van der Waals surface area (Å²) in [5.74, 6) is 0.594. The van der Waals surface area contributed by atoms with Gasteiger partial charge in [0, 0.05) is 11.5 Å². The fourth-order valence-electron chi connectivity index (χ4n) is 1.64. The number of hydrogen-bond donors (Lipinski definition) is 0. The SMILES string of the molecule is BrCCCCCCn1nnc(-c2ccccn2)n1. The van der Waals surface area contributed by atoms with Gasteiger partial charge < -0.3 is 0 Å². The number of unbranched alkanes of at least 4 members (excludes halogenated alkanes) is 3. The summed E-state index contributed by atoms with van der Waals surface area (Å²) in [5.41, 5.74) is 0.767. The maximum Gasteiger partial charge on any atom is 0.223 e. The summed E-state index contributed by atoms with van der Waals surface area (Å²) in [5, 5.41) is 13.5. The molecule has 2 rings (SSSR count). The average Bonchev–Trinajstić information content (AvgIpc) is 2.88. The minimum atomic E-state index is 0.594. The van der Waals surface area contributed by atoms with E-state index in [-0.39, 0.29) is 0 Å². The van der Waals surface area contributed by atoms with Crippen molar-refractivity contribution >= 4 is 15.9 Å². The van der Waals surface area contributed by atoms with Crippen molar-refractivity contribution in [3.63, 3.8) is 0 Å². The van der Waals surface area contributed by atoms with E-state index >= 15 is 0 Å². The van der Waals surface area contributed by atoms with Crippen LogP contribution in [0.5, 0.6) is 0 Å². The van der Waals surface area contributed by atoms with Crippen LogP contribution in [-0.4, -0.2) is 30.5 Å². The van der Waals surface area contributed by atoms with Crippen molar-refractivity contribution in [2.75, 3.05) is 5.33 Å². The summed E-state index contributed by atoms with van der Waals surface area (Å²) in [6.07, 6.45) is 6.49. The first-order valence-corrected chi connectivity index (χ1v) is 7.27. The number of nitrogens with zero attached hydrogens (tertiary/aromatic N) is 5. The van der Waals surface area contributed by atoms with Crippen molar-refractivity contribution in [1.29, 1.82) is 0 Å². The minimum absolute atomic E-state index is 0.594. The lowest BCUT2D eigenvalue weighted by Gasteiger charge is -1.98. The van der Waals surface area contributed by atoms with Gasteiger partial charge in [-0.15, -0.1) is 10.2 Å². The number of aromatic nitrogens is 5. The standard InChI is InChI=1S/C12H16BrN5/c13-8-4-1-2-6-10-18-16-12(15-17-18)11-7-3-5-9-14-11/h3,5,7,9H,1-2,4,6,8,10H2. The molecule has 0 fully saturated rings. The molecule has 18 heavy (non-hydrogen) atoms. The van der Waals surface area contributed by atoms with Gasteiger partial charge in [0.05, 0.1) is 6.54 Å². The quantitative estimate of drug-likeness (QED) is 0.583. The molecule has 2 heterocycles. The molecule has 0 bridgehead atoms. The molecule has 0 aliphatic carbocycles. The van der Waals surface area contributed by atoms with E-state index in [4.69, 9.17) is 0 Å². The van der Waals surface area contributed by atoms with E-state index in [1.54, 1.807) is 11.0 Å². The highest BCUT2D eigenvalue weighted by Crippen LogP contribution is 2.09. The van der Waals surface area contributed by atoms with E-state index in [1.807, 2.05) is 18.2 Å². The molecule has 0 aliphatic heterocycles. The fraction of sp³-hybridized carbons (Fsp3) is 0.500. The smallest absolute Gasteiger partial charge is 0.223 e. The molecule has 0 radical (unpaired) electrons. The lowest BCUT2D eigenvalue weighted by atomic mass is 10.2. The Hall–Kier alpha value is -1.30. The predicted octanol–water partition coefficient (Wildman–Crippen LogP) is 2.69. The van der Waals surface area contributed by atoms with Crippen molar-refractivity contribution in [1.82, 2.24) is 25.2 Å². The zero-order valence-electron chi connectivity index (χ0n) is 10.2. The lowest BCUT2D eigenvalue weighted by molar-refractivity contribution is 0.481. The molecule has 6 heteroatoms. The van der Waals surface area contributed by atoms with Crippen LogP contribution in [0.2, 0.25) is 0 Å². The largest absolute Gasteiger partial charge is 0.253 e. The van der Waals surface area contributed by atoms with Gasteiger partial charge in [-0.05, 0) is 30.2 Å². The number of hydrogen-bond acceptors (Lipinski definition) is 4. The molecule has 96 valence electrons. The Balaban J connectivity index is 1.83. The zero-order valence-corrected chi connectivity index (χ0v) is 11.8. The summed E-state index contributed by atoms with van der Waals surface area (Å²) in [6, 6.07) is 5.68. The predicted molar refractivity (Wildman–Crippen MR) is 73.3 cm³/mol. The zero-order chi connectivity index (χ0) is 12.6. The minimum Gasteiger partial charge on any atom is -0.253 e. The molecule has 0 saturated carbocycles. The molecule has 2 aromatic heterocycles. The molecule has 0 saturated heterocycles. The molecule has 0 unspecified atom stereocenters. The second-order valence-corrected chi connectivity index (χ2v) is 4.82. The third-order valence-corrected chi connectivity index (χ3v) is 3.15. The Kier molecular flexibility index (Phi) is 5.26. The highest BCUT2D eigenvalue weighted by Gasteiger charge is 2.05. The second kappa shape index (κ2) is 7.20. The number of halogens is 1. The van der Waals surface area contributed by atoms with Gasteiger partial charge in [0.15, 0.2) is 0 Å². The molecule has 0 atom stereocenters. The Morgan fingerprint density at radius 2 is 2.00 bits per heavy atom. The number of rotatable bonds is 7. The van der Waals surface area contributed by atoms with Crippen LogP contribution < -0.4 is 0 Å². The first kappa shape index (κ1) is 13.1. The maximum atomic E-state index is 4.32. The molecular weight excluding hydrogens is 294 g/mol. The summed E-state index contributed by atoms with van der Waals surface area (Å²) in [6.45, 7) is 0.822. The highest BCUT2D eigenvalue weighted by atomic mass is 79.9. The van der Waals surface area contributed by atoms with Crippen molar-refractivity contribution in [3.05, 3.63) is 24.4 Å². The van der Waals surface area contributed by atoms with Gasteiger partial charge in [-0.3, -0.25) is 4.98 Å². The summed E-state index contributed by atoms with van der Waals surface area (Å²) in [4.78, 5) is 5.85. The topological polar surface area (TPSA) is 56.5 Å². The molecule has 0 N–H and O–H groups in total. The Bertz CT molecular complexity index is 457. The van der Waals surface area contributed by atoms with Gasteiger partial charge in [-0.1, -0.05) is 34.8 Å². The van der Waals surface area contributed by atoms with Gasteiger partial charge >= 0.3 is 0 Å². The molecule has 0 aromatic carbocycles. The van der Waals surface area contributed by atoms with Gasteiger partial charge in [0.1, 0.15) is 5.69 Å². The van der Waals surface area contributed by atoms with Crippen LogP contribution >= 0.6 is 15.9 Å². The monoisotopic (exact) mass is 309 g/mol. The summed E-state index contributed by atoms with van der Waals surface area (Å²) < 4.78 is 0. The van der Waals surface area contributed by atoms with Crippen LogP contribution in [0.3, 0.4) is 0 Å². The van der Waals surface area contributed by atoms with Crippen LogP contribution in [0.15, 0.2) is 24.4 Å². The van der Waals surface area contributed by atoms with E-state index < -0.39 is 0 Å². The number of tetrazole rings is 1. The summed E-state index contributed by atoms with van der Waals surface area (Å²) >= 11 is 3.43. The van der Waals surface area contributed by atoms with Crippen LogP contribution in [0.25, 0.3) is 11.5 Å². The van der Waals surface area contributed by atoms with Gasteiger partial charge in [0.2, 0.25) is 5.82 Å². The normalized spacial score (nSPS) is 10.7. The lowest BCUT2D eigenvalue weighted by Crippen LogP contribution is -2.02. The number of pyridine rings is 1. The van der Waals surface area contributed by atoms with Crippen LogP contribution in [0.4, 0.5) is 0 Å². The van der Waals surface area contributed by atoms with E-state index in [2.05, 4.69) is 36.3 Å². The van der Waals surface area contributed by atoms with E-state index in [0.29, 0.717) is 5.82 Å². The fourth-order valence-corrected chi connectivity index (χ4v) is 2.03. The maximum absolute atomic E-state index is 4.32. The molecular formula is C12H16BrN5. The van der Waals surface area contributed by atoms with Crippen molar-refractivity contribution < 1.29 is 0 Å². The molecule has 0 amide bonds. The first-order valence-electron chi connectivity index (χ1n) is 6.15. The Morgan fingerprint density at radius 3 is 2.78 bits per heavy atom. The van der Waals surface area contributed by atoms with E-state index in [9.17, 15) is 0 Å². The number of aryl methyl sites for hydroxylation is 1. The van der Waals surface area contributed by atoms with Crippen LogP contribution in [0.1, 0.15) is 25.7 Å².